The number of nitrogen functional groups attached to an aromatic ring is 1. The normalized spacial score (nSPS) is 10.2. The highest BCUT2D eigenvalue weighted by atomic mass is 19.1. The highest BCUT2D eigenvalue weighted by molar-refractivity contribution is 5.90. The Kier molecular flexibility index (Phi) is 6.23. The number of aromatic nitrogens is 3. The summed E-state index contributed by atoms with van der Waals surface area (Å²) >= 11 is 0. The smallest absolute Gasteiger partial charge is 0.336 e. The van der Waals surface area contributed by atoms with Gasteiger partial charge >= 0.3 is 5.97 Å². The molecule has 0 saturated heterocycles. The third-order valence-corrected chi connectivity index (χ3v) is 4.44. The average molecular weight is 405 g/mol. The molecule has 0 saturated carbocycles. The van der Waals surface area contributed by atoms with Crippen LogP contribution in [0.2, 0.25) is 0 Å². The first-order valence-electron chi connectivity index (χ1n) is 9.21. The van der Waals surface area contributed by atoms with E-state index in [0.717, 1.165) is 5.82 Å². The number of aryl methyl sites for hydroxylation is 1. The van der Waals surface area contributed by atoms with Crippen LogP contribution in [0.25, 0.3) is 11.3 Å². The van der Waals surface area contributed by atoms with E-state index in [-0.39, 0.29) is 17.1 Å². The Labute approximate surface area is 173 Å². The second-order valence-electron chi connectivity index (χ2n) is 6.35. The van der Waals surface area contributed by atoms with Crippen LogP contribution in [0.5, 0.6) is 0 Å². The van der Waals surface area contributed by atoms with Gasteiger partial charge in [0.05, 0.1) is 22.5 Å². The molecular weight excluding hydrogens is 385 g/mol. The average Bonchev–Trinajstić information content (AvgIpc) is 2.77. The fraction of sp³-hybridized carbons (Fsp3) is 0.182. The number of carboxylic acid groups (broad SMARTS) is 1. The number of hydrogen-bond acceptors (Lipinski definition) is 6. The number of hydrogen-bond donors (Lipinski definition) is 3. The maximum absolute atomic E-state index is 13.4. The molecule has 3 aromatic rings. The lowest BCUT2D eigenvalue weighted by Crippen LogP contribution is -2.06. The molecule has 4 N–H and O–H groups in total. The quantitative estimate of drug-likeness (QED) is 0.558. The number of anilines is 2. The molecule has 0 aliphatic carbocycles. The van der Waals surface area contributed by atoms with Crippen molar-refractivity contribution in [1.29, 1.82) is 0 Å². The van der Waals surface area contributed by atoms with Crippen molar-refractivity contribution in [2.45, 2.75) is 20.0 Å². The minimum absolute atomic E-state index is 0.0565. The van der Waals surface area contributed by atoms with E-state index in [9.17, 15) is 14.3 Å². The SMILES string of the molecule is CCc1nc(N)nc(-c2ccc(C(=O)O)c(CF)c2)c1C#Cc1ccc(NC)nc1. The Morgan fingerprint density at radius 1 is 1.23 bits per heavy atom. The minimum Gasteiger partial charge on any atom is -0.478 e. The molecule has 2 aromatic heterocycles. The summed E-state index contributed by atoms with van der Waals surface area (Å²) in [5, 5.41) is 12.2. The van der Waals surface area contributed by atoms with Gasteiger partial charge in [-0.3, -0.25) is 0 Å². The zero-order valence-electron chi connectivity index (χ0n) is 16.5. The fourth-order valence-electron chi connectivity index (χ4n) is 2.93. The first-order valence-corrected chi connectivity index (χ1v) is 9.21. The second kappa shape index (κ2) is 9.01. The van der Waals surface area contributed by atoms with E-state index in [4.69, 9.17) is 5.73 Å². The van der Waals surface area contributed by atoms with Gasteiger partial charge in [0.25, 0.3) is 0 Å². The van der Waals surface area contributed by atoms with E-state index in [0.29, 0.717) is 34.5 Å². The van der Waals surface area contributed by atoms with Crippen LogP contribution in [0.4, 0.5) is 16.2 Å². The van der Waals surface area contributed by atoms with Gasteiger partial charge in [0.2, 0.25) is 5.95 Å². The van der Waals surface area contributed by atoms with Crippen molar-refractivity contribution < 1.29 is 14.3 Å². The van der Waals surface area contributed by atoms with Gasteiger partial charge in [-0.15, -0.1) is 0 Å². The molecular formula is C22H20FN5O2. The molecule has 0 aliphatic heterocycles. The van der Waals surface area contributed by atoms with Gasteiger partial charge in [0.15, 0.2) is 0 Å². The lowest BCUT2D eigenvalue weighted by atomic mass is 9.98. The number of aromatic carboxylic acids is 1. The van der Waals surface area contributed by atoms with E-state index in [1.54, 1.807) is 19.3 Å². The number of benzene rings is 1. The number of alkyl halides is 1. The number of carbonyl (C=O) groups is 1. The van der Waals surface area contributed by atoms with Gasteiger partial charge < -0.3 is 16.2 Å². The van der Waals surface area contributed by atoms with Crippen LogP contribution < -0.4 is 11.1 Å². The summed E-state index contributed by atoms with van der Waals surface area (Å²) < 4.78 is 13.4. The predicted molar refractivity (Wildman–Crippen MR) is 113 cm³/mol. The number of halogens is 1. The molecule has 0 spiro atoms. The summed E-state index contributed by atoms with van der Waals surface area (Å²) in [5.41, 5.74) is 8.68. The Hall–Kier alpha value is -3.99. The summed E-state index contributed by atoms with van der Waals surface area (Å²) in [6.07, 6.45) is 2.20. The summed E-state index contributed by atoms with van der Waals surface area (Å²) in [6.45, 7) is 1.00. The van der Waals surface area contributed by atoms with Gasteiger partial charge in [-0.05, 0) is 36.2 Å². The third-order valence-electron chi connectivity index (χ3n) is 4.44. The molecule has 0 aliphatic rings. The number of nitrogens with zero attached hydrogens (tertiary/aromatic N) is 3. The molecule has 0 amide bonds. The molecule has 30 heavy (non-hydrogen) atoms. The third kappa shape index (κ3) is 4.36. The van der Waals surface area contributed by atoms with Crippen LogP contribution in [0, 0.1) is 11.8 Å². The Balaban J connectivity index is 2.15. The topological polar surface area (TPSA) is 114 Å². The van der Waals surface area contributed by atoms with Crippen molar-refractivity contribution >= 4 is 17.7 Å². The Morgan fingerprint density at radius 2 is 2.03 bits per heavy atom. The van der Waals surface area contributed by atoms with Crippen molar-refractivity contribution in [2.75, 3.05) is 18.1 Å². The zero-order valence-corrected chi connectivity index (χ0v) is 16.5. The summed E-state index contributed by atoms with van der Waals surface area (Å²) in [6, 6.07) is 8.02. The second-order valence-corrected chi connectivity index (χ2v) is 6.35. The number of rotatable bonds is 5. The van der Waals surface area contributed by atoms with Crippen LogP contribution in [0.15, 0.2) is 36.5 Å². The van der Waals surface area contributed by atoms with Crippen LogP contribution in [-0.4, -0.2) is 33.1 Å². The molecule has 0 unspecified atom stereocenters. The lowest BCUT2D eigenvalue weighted by molar-refractivity contribution is 0.0695. The first-order chi connectivity index (χ1) is 14.5. The highest BCUT2D eigenvalue weighted by Gasteiger charge is 2.16. The predicted octanol–water partition coefficient (Wildman–Crippen LogP) is 3.29. The van der Waals surface area contributed by atoms with Gasteiger partial charge in [0, 0.05) is 24.4 Å². The van der Waals surface area contributed by atoms with Gasteiger partial charge in [-0.25, -0.2) is 24.1 Å². The van der Waals surface area contributed by atoms with Crippen molar-refractivity contribution in [2.24, 2.45) is 0 Å². The fourth-order valence-corrected chi connectivity index (χ4v) is 2.93. The van der Waals surface area contributed by atoms with E-state index in [1.165, 1.54) is 12.1 Å². The molecule has 3 rings (SSSR count). The zero-order chi connectivity index (χ0) is 21.7. The van der Waals surface area contributed by atoms with E-state index in [1.807, 2.05) is 19.1 Å². The van der Waals surface area contributed by atoms with Gasteiger partial charge in [0.1, 0.15) is 12.5 Å². The molecule has 152 valence electrons. The van der Waals surface area contributed by atoms with E-state index >= 15 is 0 Å². The van der Waals surface area contributed by atoms with E-state index < -0.39 is 12.6 Å². The molecule has 2 heterocycles. The lowest BCUT2D eigenvalue weighted by Gasteiger charge is -2.11. The Bertz CT molecular complexity index is 1150. The molecule has 7 nitrogen and oxygen atoms in total. The molecule has 0 bridgehead atoms. The minimum atomic E-state index is -1.19. The standard InChI is InChI=1S/C22H20FN5O2/c1-3-18-17(7-4-13-5-9-19(25-2)26-12-13)20(28-22(24)27-18)14-6-8-16(21(29)30)15(10-14)11-23/h5-6,8-10,12H,3,11H2,1-2H3,(H,25,26)(H,29,30)(H2,24,27,28). The number of nitrogens with one attached hydrogen (secondary N) is 1. The monoisotopic (exact) mass is 405 g/mol. The molecule has 8 heteroatoms. The van der Waals surface area contributed by atoms with Crippen molar-refractivity contribution in [3.63, 3.8) is 0 Å². The number of pyridine rings is 1. The maximum Gasteiger partial charge on any atom is 0.336 e. The maximum atomic E-state index is 13.4. The molecule has 0 radical (unpaired) electrons. The van der Waals surface area contributed by atoms with Crippen molar-refractivity contribution in [1.82, 2.24) is 15.0 Å². The summed E-state index contributed by atoms with van der Waals surface area (Å²) in [4.78, 5) is 24.1. The summed E-state index contributed by atoms with van der Waals surface area (Å²) in [5.74, 6) is 5.73. The number of nitrogens with two attached hydrogens (primary N) is 1. The van der Waals surface area contributed by atoms with E-state index in [2.05, 4.69) is 32.1 Å². The molecule has 1 aromatic carbocycles. The first kappa shape index (κ1) is 20.7. The van der Waals surface area contributed by atoms with Crippen LogP contribution in [0.3, 0.4) is 0 Å². The molecule has 0 atom stereocenters. The summed E-state index contributed by atoms with van der Waals surface area (Å²) in [7, 11) is 1.78. The van der Waals surface area contributed by atoms with Crippen LogP contribution in [-0.2, 0) is 13.1 Å². The number of carboxylic acids is 1. The van der Waals surface area contributed by atoms with Crippen LogP contribution >= 0.6 is 0 Å². The van der Waals surface area contributed by atoms with Crippen LogP contribution in [0.1, 0.15) is 39.7 Å². The van der Waals surface area contributed by atoms with Crippen molar-refractivity contribution in [3.05, 3.63) is 64.5 Å². The largest absolute Gasteiger partial charge is 0.478 e. The molecule has 0 fully saturated rings. The van der Waals surface area contributed by atoms with Crippen molar-refractivity contribution in [3.8, 4) is 23.1 Å². The Morgan fingerprint density at radius 3 is 2.63 bits per heavy atom. The highest BCUT2D eigenvalue weighted by Crippen LogP contribution is 2.27. The van der Waals surface area contributed by atoms with Gasteiger partial charge in [-0.1, -0.05) is 24.8 Å². The van der Waals surface area contributed by atoms with Gasteiger partial charge in [-0.2, -0.15) is 0 Å².